The zero-order valence-electron chi connectivity index (χ0n) is 26.5. The Bertz CT molecular complexity index is 1880. The summed E-state index contributed by atoms with van der Waals surface area (Å²) in [5.41, 5.74) is 7.51. The molecule has 0 radical (unpaired) electrons. The van der Waals surface area contributed by atoms with Crippen molar-refractivity contribution in [1.82, 2.24) is 14.9 Å². The van der Waals surface area contributed by atoms with Gasteiger partial charge >= 0.3 is 12.1 Å². The van der Waals surface area contributed by atoms with E-state index in [4.69, 9.17) is 14.5 Å². The van der Waals surface area contributed by atoms with Gasteiger partial charge < -0.3 is 19.4 Å². The van der Waals surface area contributed by atoms with E-state index in [1.165, 1.54) is 7.11 Å². The van der Waals surface area contributed by atoms with Gasteiger partial charge in [-0.1, -0.05) is 140 Å². The molecule has 1 amide bonds. The maximum absolute atomic E-state index is 13.2. The van der Waals surface area contributed by atoms with Crippen LogP contribution in [-0.2, 0) is 26.2 Å². The van der Waals surface area contributed by atoms with Crippen LogP contribution in [0.5, 0.6) is 0 Å². The number of esters is 1. The van der Waals surface area contributed by atoms with Gasteiger partial charge in [0.25, 0.3) is 0 Å². The minimum atomic E-state index is -1.01. The molecule has 1 atom stereocenters. The molecule has 1 heterocycles. The van der Waals surface area contributed by atoms with E-state index in [1.807, 2.05) is 85.1 Å². The number of methoxy groups -OCH3 is 1. The number of alkyl carbamates (subject to hydrolysis) is 1. The van der Waals surface area contributed by atoms with E-state index in [0.29, 0.717) is 5.69 Å². The third-order valence-corrected chi connectivity index (χ3v) is 9.13. The second-order valence-electron chi connectivity index (χ2n) is 11.8. The molecule has 1 aromatic heterocycles. The molecule has 7 rings (SSSR count). The molecule has 1 aliphatic rings. The minimum absolute atomic E-state index is 0.0995. The van der Waals surface area contributed by atoms with Crippen molar-refractivity contribution in [2.24, 2.45) is 0 Å². The SMILES string of the molecule is COC(=O)[C@H](Cc1cn(C(c2ccccc2)(c2ccccc2)c2ccccc2)cn1)NC(=O)OCC1c2ccccc2-c2ccccc21. The molecule has 0 spiro atoms. The molecule has 0 aliphatic heterocycles. The number of ether oxygens (including phenoxy) is 2. The first kappa shape index (κ1) is 30.7. The lowest BCUT2D eigenvalue weighted by Gasteiger charge is -2.37. The number of fused-ring (bicyclic) bond motifs is 3. The third-order valence-electron chi connectivity index (χ3n) is 9.13. The van der Waals surface area contributed by atoms with Gasteiger partial charge in [-0.25, -0.2) is 14.6 Å². The van der Waals surface area contributed by atoms with E-state index in [1.54, 1.807) is 6.33 Å². The Morgan fingerprint density at radius 1 is 0.729 bits per heavy atom. The second-order valence-corrected chi connectivity index (χ2v) is 11.8. The van der Waals surface area contributed by atoms with Crippen molar-refractivity contribution in [3.63, 3.8) is 0 Å². The fourth-order valence-electron chi connectivity index (χ4n) is 6.96. The van der Waals surface area contributed by atoms with Crippen molar-refractivity contribution < 1.29 is 19.1 Å². The van der Waals surface area contributed by atoms with Crippen molar-refractivity contribution in [2.45, 2.75) is 23.9 Å². The van der Waals surface area contributed by atoms with Gasteiger partial charge in [0.15, 0.2) is 0 Å². The summed E-state index contributed by atoms with van der Waals surface area (Å²) >= 11 is 0. The number of carbonyl (C=O) groups is 2. The van der Waals surface area contributed by atoms with Crippen molar-refractivity contribution in [2.75, 3.05) is 13.7 Å². The summed E-state index contributed by atoms with van der Waals surface area (Å²) in [4.78, 5) is 30.9. The smallest absolute Gasteiger partial charge is 0.407 e. The van der Waals surface area contributed by atoms with Crippen LogP contribution in [0, 0.1) is 0 Å². The van der Waals surface area contributed by atoms with E-state index in [2.05, 4.69) is 70.5 Å². The molecule has 0 saturated carbocycles. The summed E-state index contributed by atoms with van der Waals surface area (Å²) in [6.45, 7) is 0.135. The lowest BCUT2D eigenvalue weighted by molar-refractivity contribution is -0.143. The van der Waals surface area contributed by atoms with Crippen LogP contribution in [0.25, 0.3) is 11.1 Å². The number of carbonyl (C=O) groups excluding carboxylic acids is 2. The molecule has 6 aromatic rings. The first-order valence-electron chi connectivity index (χ1n) is 16.0. The largest absolute Gasteiger partial charge is 0.467 e. The maximum atomic E-state index is 13.2. The number of rotatable bonds is 10. The van der Waals surface area contributed by atoms with Crippen LogP contribution in [-0.4, -0.2) is 41.4 Å². The second kappa shape index (κ2) is 13.4. The summed E-state index contributed by atoms with van der Waals surface area (Å²) in [6.07, 6.45) is 3.13. The summed E-state index contributed by atoms with van der Waals surface area (Å²) in [7, 11) is 1.30. The molecule has 238 valence electrons. The molecule has 0 saturated heterocycles. The minimum Gasteiger partial charge on any atom is -0.467 e. The average molecular weight is 634 g/mol. The standard InChI is InChI=1S/C41H35N3O4/c1-47-39(45)38(43-40(46)48-27-37-35-23-13-11-21-33(35)34-22-12-14-24-36(34)37)25-32-26-44(28-42-32)41(29-15-5-2-6-16-29,30-17-7-3-8-18-30)31-19-9-4-10-20-31/h2-24,26,28,37-38H,25,27H2,1H3,(H,43,46)/t38-/m0/s1. The molecule has 0 fully saturated rings. The van der Waals surface area contributed by atoms with Gasteiger partial charge in [0.1, 0.15) is 18.2 Å². The number of nitrogens with one attached hydrogen (secondary N) is 1. The molecule has 48 heavy (non-hydrogen) atoms. The number of imidazole rings is 1. The van der Waals surface area contributed by atoms with E-state index >= 15 is 0 Å². The summed E-state index contributed by atoms with van der Waals surface area (Å²) in [6, 6.07) is 46.1. The van der Waals surface area contributed by atoms with Crippen molar-refractivity contribution in [1.29, 1.82) is 0 Å². The highest BCUT2D eigenvalue weighted by Gasteiger charge is 2.39. The number of amides is 1. The Morgan fingerprint density at radius 3 is 1.71 bits per heavy atom. The molecule has 7 heteroatoms. The Labute approximate surface area is 279 Å². The van der Waals surface area contributed by atoms with Crippen molar-refractivity contribution in [3.05, 3.63) is 186 Å². The van der Waals surface area contributed by atoms with Crippen LogP contribution < -0.4 is 5.32 Å². The molecular weight excluding hydrogens is 598 g/mol. The maximum Gasteiger partial charge on any atom is 0.407 e. The highest BCUT2D eigenvalue weighted by molar-refractivity contribution is 5.82. The van der Waals surface area contributed by atoms with Gasteiger partial charge in [0, 0.05) is 18.5 Å². The fourth-order valence-corrected chi connectivity index (χ4v) is 6.96. The molecule has 1 aliphatic carbocycles. The summed E-state index contributed by atoms with van der Waals surface area (Å²) in [5, 5.41) is 2.75. The van der Waals surface area contributed by atoms with E-state index in [9.17, 15) is 9.59 Å². The van der Waals surface area contributed by atoms with Gasteiger partial charge in [0.05, 0.1) is 19.1 Å². The van der Waals surface area contributed by atoms with Gasteiger partial charge in [-0.15, -0.1) is 0 Å². The highest BCUT2D eigenvalue weighted by atomic mass is 16.6. The van der Waals surface area contributed by atoms with Gasteiger partial charge in [-0.3, -0.25) is 0 Å². The Kier molecular flexibility index (Phi) is 8.58. The summed E-state index contributed by atoms with van der Waals surface area (Å²) in [5.74, 6) is -0.684. The Morgan fingerprint density at radius 2 is 1.21 bits per heavy atom. The van der Waals surface area contributed by atoms with Gasteiger partial charge in [-0.05, 0) is 38.9 Å². The molecule has 1 N–H and O–H groups in total. The monoisotopic (exact) mass is 633 g/mol. The lowest BCUT2D eigenvalue weighted by Crippen LogP contribution is -2.43. The van der Waals surface area contributed by atoms with Crippen molar-refractivity contribution >= 4 is 12.1 Å². The van der Waals surface area contributed by atoms with Crippen LogP contribution >= 0.6 is 0 Å². The lowest BCUT2D eigenvalue weighted by atomic mass is 9.77. The number of aromatic nitrogens is 2. The van der Waals surface area contributed by atoms with Crippen LogP contribution in [0.3, 0.4) is 0 Å². The zero-order chi connectivity index (χ0) is 32.9. The average Bonchev–Trinajstić information content (AvgIpc) is 3.74. The van der Waals surface area contributed by atoms with Crippen LogP contribution in [0.4, 0.5) is 4.79 Å². The number of hydrogen-bond donors (Lipinski definition) is 1. The summed E-state index contributed by atoms with van der Waals surface area (Å²) < 4.78 is 12.9. The first-order chi connectivity index (χ1) is 23.6. The number of benzene rings is 5. The van der Waals surface area contributed by atoms with E-state index in [-0.39, 0.29) is 18.9 Å². The number of nitrogens with zero attached hydrogens (tertiary/aromatic N) is 2. The first-order valence-corrected chi connectivity index (χ1v) is 16.0. The molecule has 0 unspecified atom stereocenters. The molecular formula is C41H35N3O4. The van der Waals surface area contributed by atoms with Crippen molar-refractivity contribution in [3.8, 4) is 11.1 Å². The normalized spacial score (nSPS) is 12.9. The highest BCUT2D eigenvalue weighted by Crippen LogP contribution is 2.44. The van der Waals surface area contributed by atoms with Gasteiger partial charge in [0.2, 0.25) is 0 Å². The predicted octanol–water partition coefficient (Wildman–Crippen LogP) is 7.35. The van der Waals surface area contributed by atoms with Crippen LogP contribution in [0.2, 0.25) is 0 Å². The van der Waals surface area contributed by atoms with Gasteiger partial charge in [-0.2, -0.15) is 0 Å². The van der Waals surface area contributed by atoms with Crippen LogP contribution in [0.1, 0.15) is 39.4 Å². The number of hydrogen-bond acceptors (Lipinski definition) is 5. The fraction of sp³-hybridized carbons (Fsp3) is 0.146. The molecule has 7 nitrogen and oxygen atoms in total. The third kappa shape index (κ3) is 5.64. The Hall–Kier alpha value is -5.95. The molecule has 0 bridgehead atoms. The molecule has 5 aromatic carbocycles. The van der Waals surface area contributed by atoms with Crippen LogP contribution in [0.15, 0.2) is 152 Å². The topological polar surface area (TPSA) is 82.5 Å². The van der Waals surface area contributed by atoms with E-state index in [0.717, 1.165) is 38.9 Å². The quantitative estimate of drug-likeness (QED) is 0.126. The Balaban J connectivity index is 1.15. The van der Waals surface area contributed by atoms with E-state index < -0.39 is 23.6 Å². The predicted molar refractivity (Wildman–Crippen MR) is 185 cm³/mol. The zero-order valence-corrected chi connectivity index (χ0v) is 26.5.